The molecule has 1 atom stereocenters. The van der Waals surface area contributed by atoms with E-state index in [-0.39, 0.29) is 6.04 Å². The minimum atomic E-state index is -3.33. The summed E-state index contributed by atoms with van der Waals surface area (Å²) in [6.45, 7) is 3.16. The lowest BCUT2D eigenvalue weighted by Gasteiger charge is -2.34. The minimum absolute atomic E-state index is 0.173. The fourth-order valence-corrected chi connectivity index (χ4v) is 5.70. The number of hydrogen-bond donors (Lipinski definition) is 1. The SMILES string of the molecule is CCCC1CCCCN1S(=O)(=O)c1cc(CN)cs1. The molecule has 1 saturated heterocycles. The zero-order valence-electron chi connectivity index (χ0n) is 11.3. The van der Waals surface area contributed by atoms with Crippen LogP contribution in [0.3, 0.4) is 0 Å². The molecule has 0 amide bonds. The van der Waals surface area contributed by atoms with Gasteiger partial charge in [0.15, 0.2) is 0 Å². The molecule has 0 saturated carbocycles. The Morgan fingerprint density at radius 3 is 2.89 bits per heavy atom. The predicted molar refractivity (Wildman–Crippen MR) is 78.6 cm³/mol. The van der Waals surface area contributed by atoms with Gasteiger partial charge in [-0.25, -0.2) is 8.42 Å². The number of piperidine rings is 1. The van der Waals surface area contributed by atoms with E-state index in [1.807, 2.05) is 5.38 Å². The molecule has 0 aliphatic carbocycles. The van der Waals surface area contributed by atoms with Crippen LogP contribution in [0.1, 0.15) is 44.6 Å². The lowest BCUT2D eigenvalue weighted by atomic mass is 10.0. The normalized spacial score (nSPS) is 21.7. The Kier molecular flexibility index (Phi) is 5.00. The zero-order valence-corrected chi connectivity index (χ0v) is 13.0. The molecule has 2 N–H and O–H groups in total. The molecule has 1 unspecified atom stereocenters. The van der Waals surface area contributed by atoms with Gasteiger partial charge in [-0.05, 0) is 36.3 Å². The van der Waals surface area contributed by atoms with Gasteiger partial charge in [-0.1, -0.05) is 19.8 Å². The summed E-state index contributed by atoms with van der Waals surface area (Å²) in [4.78, 5) is 0. The molecule has 4 nitrogen and oxygen atoms in total. The van der Waals surface area contributed by atoms with Crippen LogP contribution in [0.4, 0.5) is 0 Å². The summed E-state index contributed by atoms with van der Waals surface area (Å²) < 4.78 is 27.5. The van der Waals surface area contributed by atoms with Crippen LogP contribution in [0.2, 0.25) is 0 Å². The van der Waals surface area contributed by atoms with E-state index in [2.05, 4.69) is 6.92 Å². The maximum atomic E-state index is 12.7. The Bertz CT molecular complexity index is 508. The number of nitrogens with two attached hydrogens (primary N) is 1. The highest BCUT2D eigenvalue weighted by molar-refractivity contribution is 7.91. The van der Waals surface area contributed by atoms with Crippen molar-refractivity contribution in [2.24, 2.45) is 5.73 Å². The van der Waals surface area contributed by atoms with E-state index in [1.54, 1.807) is 10.4 Å². The first-order valence-electron chi connectivity index (χ1n) is 6.89. The number of rotatable bonds is 5. The molecule has 1 aromatic heterocycles. The third kappa shape index (κ3) is 3.18. The smallest absolute Gasteiger partial charge is 0.252 e. The van der Waals surface area contributed by atoms with E-state index >= 15 is 0 Å². The van der Waals surface area contributed by atoms with Gasteiger partial charge in [-0.2, -0.15) is 4.31 Å². The number of hydrogen-bond acceptors (Lipinski definition) is 4. The van der Waals surface area contributed by atoms with Crippen LogP contribution in [0.5, 0.6) is 0 Å². The van der Waals surface area contributed by atoms with Crippen molar-refractivity contribution in [2.45, 2.75) is 55.8 Å². The third-order valence-corrected chi connectivity index (χ3v) is 7.04. The van der Waals surface area contributed by atoms with Crippen LogP contribution in [-0.4, -0.2) is 25.3 Å². The van der Waals surface area contributed by atoms with E-state index in [1.165, 1.54) is 11.3 Å². The highest BCUT2D eigenvalue weighted by Crippen LogP contribution is 2.30. The highest BCUT2D eigenvalue weighted by Gasteiger charge is 2.33. The van der Waals surface area contributed by atoms with E-state index in [9.17, 15) is 8.42 Å². The monoisotopic (exact) mass is 302 g/mol. The third-order valence-electron chi connectivity index (χ3n) is 3.62. The molecule has 0 bridgehead atoms. The van der Waals surface area contributed by atoms with Crippen molar-refractivity contribution in [1.82, 2.24) is 4.31 Å². The molecule has 108 valence electrons. The molecular formula is C13H22N2O2S2. The van der Waals surface area contributed by atoms with Gasteiger partial charge in [-0.3, -0.25) is 0 Å². The Balaban J connectivity index is 2.25. The van der Waals surface area contributed by atoms with Crippen LogP contribution < -0.4 is 5.73 Å². The molecule has 0 aromatic carbocycles. The summed E-state index contributed by atoms with van der Waals surface area (Å²) in [6.07, 6.45) is 5.06. The molecule has 1 aliphatic heterocycles. The quantitative estimate of drug-likeness (QED) is 0.909. The second-order valence-corrected chi connectivity index (χ2v) is 8.06. The molecule has 0 spiro atoms. The van der Waals surface area contributed by atoms with Crippen molar-refractivity contribution in [2.75, 3.05) is 6.54 Å². The summed E-state index contributed by atoms with van der Waals surface area (Å²) in [5, 5.41) is 1.84. The molecular weight excluding hydrogens is 280 g/mol. The summed E-state index contributed by atoms with van der Waals surface area (Å²) in [5.74, 6) is 0. The van der Waals surface area contributed by atoms with E-state index < -0.39 is 10.0 Å². The van der Waals surface area contributed by atoms with Crippen molar-refractivity contribution in [1.29, 1.82) is 0 Å². The van der Waals surface area contributed by atoms with Crippen LogP contribution in [0, 0.1) is 0 Å². The Labute approximate surface area is 119 Å². The molecule has 2 heterocycles. The molecule has 0 radical (unpaired) electrons. The van der Waals surface area contributed by atoms with Crippen molar-refractivity contribution in [3.05, 3.63) is 17.0 Å². The summed E-state index contributed by atoms with van der Waals surface area (Å²) in [5.41, 5.74) is 6.45. The van der Waals surface area contributed by atoms with Crippen molar-refractivity contribution in [3.63, 3.8) is 0 Å². The lowest BCUT2D eigenvalue weighted by molar-refractivity contribution is 0.240. The summed E-state index contributed by atoms with van der Waals surface area (Å²) in [7, 11) is -3.33. The fourth-order valence-electron chi connectivity index (χ4n) is 2.62. The van der Waals surface area contributed by atoms with Gasteiger partial charge in [0.05, 0.1) is 0 Å². The Morgan fingerprint density at radius 1 is 1.47 bits per heavy atom. The molecule has 1 fully saturated rings. The minimum Gasteiger partial charge on any atom is -0.326 e. The first-order valence-corrected chi connectivity index (χ1v) is 9.21. The number of sulfonamides is 1. The molecule has 1 aromatic rings. The van der Waals surface area contributed by atoms with Crippen LogP contribution >= 0.6 is 11.3 Å². The second-order valence-electron chi connectivity index (χ2n) is 5.03. The first kappa shape index (κ1) is 15.0. The Morgan fingerprint density at radius 2 is 2.26 bits per heavy atom. The van der Waals surface area contributed by atoms with Gasteiger partial charge in [0.1, 0.15) is 4.21 Å². The largest absolute Gasteiger partial charge is 0.326 e. The predicted octanol–water partition coefficient (Wildman–Crippen LogP) is 2.55. The van der Waals surface area contributed by atoms with Crippen LogP contribution in [0.15, 0.2) is 15.7 Å². The molecule has 19 heavy (non-hydrogen) atoms. The maximum Gasteiger partial charge on any atom is 0.252 e. The van der Waals surface area contributed by atoms with Crippen LogP contribution in [0.25, 0.3) is 0 Å². The van der Waals surface area contributed by atoms with Crippen LogP contribution in [-0.2, 0) is 16.6 Å². The summed E-state index contributed by atoms with van der Waals surface area (Å²) in [6, 6.07) is 1.89. The highest BCUT2D eigenvalue weighted by atomic mass is 32.2. The topological polar surface area (TPSA) is 63.4 Å². The maximum absolute atomic E-state index is 12.7. The van der Waals surface area contributed by atoms with Gasteiger partial charge in [0, 0.05) is 19.1 Å². The first-order chi connectivity index (χ1) is 9.09. The Hall–Kier alpha value is -0.430. The average Bonchev–Trinajstić information content (AvgIpc) is 2.89. The molecule has 1 aliphatic rings. The van der Waals surface area contributed by atoms with Gasteiger partial charge in [0.2, 0.25) is 0 Å². The van der Waals surface area contributed by atoms with E-state index in [4.69, 9.17) is 5.73 Å². The van der Waals surface area contributed by atoms with Crippen molar-refractivity contribution in [3.8, 4) is 0 Å². The second kappa shape index (κ2) is 6.35. The van der Waals surface area contributed by atoms with Gasteiger partial charge < -0.3 is 5.73 Å². The number of nitrogens with zero attached hydrogens (tertiary/aromatic N) is 1. The molecule has 6 heteroatoms. The van der Waals surface area contributed by atoms with Crippen molar-refractivity contribution < 1.29 is 8.42 Å². The number of thiophene rings is 1. The fraction of sp³-hybridized carbons (Fsp3) is 0.692. The lowest BCUT2D eigenvalue weighted by Crippen LogP contribution is -2.43. The van der Waals surface area contributed by atoms with Gasteiger partial charge in [-0.15, -0.1) is 11.3 Å². The van der Waals surface area contributed by atoms with Crippen molar-refractivity contribution >= 4 is 21.4 Å². The van der Waals surface area contributed by atoms with Gasteiger partial charge >= 0.3 is 0 Å². The van der Waals surface area contributed by atoms with Gasteiger partial charge in [0.25, 0.3) is 10.0 Å². The van der Waals surface area contributed by atoms with E-state index in [0.717, 1.165) is 37.7 Å². The average molecular weight is 302 g/mol. The van der Waals surface area contributed by atoms with E-state index in [0.29, 0.717) is 17.3 Å². The standard InChI is InChI=1S/C13H22N2O2S2/c1-2-5-12-6-3-4-7-15(12)19(16,17)13-8-11(9-14)10-18-13/h8,10,12H,2-7,9,14H2,1H3. The molecule has 2 rings (SSSR count). The summed E-state index contributed by atoms with van der Waals surface area (Å²) >= 11 is 1.29. The zero-order chi connectivity index (χ0) is 13.9.